The lowest BCUT2D eigenvalue weighted by molar-refractivity contribution is 0.0908. The molecule has 0 radical (unpaired) electrons. The quantitative estimate of drug-likeness (QED) is 0.413. The standard InChI is InChI=1S/C34H54N2O2/c1-32-17-7-3-2-4-12-22-35(30-33-18-8-5-9-19-33)23-15-27-37-25-13-14-26-38-28-16-24-36(29-32)31-34-20-10-6-11-21-34/h5-6,8-11,18-21,32H,2-4,7,12-17,22-31H2,1H3. The van der Waals surface area contributed by atoms with E-state index in [1.165, 1.54) is 62.7 Å². The Labute approximate surface area is 233 Å². The van der Waals surface area contributed by atoms with E-state index in [9.17, 15) is 0 Å². The molecule has 2 aromatic carbocycles. The van der Waals surface area contributed by atoms with Gasteiger partial charge in [0.25, 0.3) is 0 Å². The third kappa shape index (κ3) is 14.4. The highest BCUT2D eigenvalue weighted by Gasteiger charge is 2.12. The number of ether oxygens (including phenoxy) is 2. The first kappa shape index (κ1) is 30.8. The molecular weight excluding hydrogens is 468 g/mol. The second-order valence-corrected chi connectivity index (χ2v) is 11.3. The van der Waals surface area contributed by atoms with E-state index in [4.69, 9.17) is 9.47 Å². The van der Waals surface area contributed by atoms with E-state index >= 15 is 0 Å². The van der Waals surface area contributed by atoms with Crippen molar-refractivity contribution in [2.45, 2.75) is 84.2 Å². The van der Waals surface area contributed by atoms with Gasteiger partial charge in [0, 0.05) is 59.2 Å². The van der Waals surface area contributed by atoms with Gasteiger partial charge in [0.15, 0.2) is 0 Å². The molecule has 1 aliphatic heterocycles. The predicted molar refractivity (Wildman–Crippen MR) is 160 cm³/mol. The fourth-order valence-corrected chi connectivity index (χ4v) is 5.47. The van der Waals surface area contributed by atoms with Gasteiger partial charge in [-0.05, 0) is 62.1 Å². The fraction of sp³-hybridized carbons (Fsp3) is 0.647. The zero-order chi connectivity index (χ0) is 26.5. The van der Waals surface area contributed by atoms with Crippen LogP contribution in [0.2, 0.25) is 0 Å². The molecular formula is C34H54N2O2. The third-order valence-corrected chi connectivity index (χ3v) is 7.59. The van der Waals surface area contributed by atoms with E-state index in [2.05, 4.69) is 77.4 Å². The summed E-state index contributed by atoms with van der Waals surface area (Å²) >= 11 is 0. The van der Waals surface area contributed by atoms with Gasteiger partial charge in [0.1, 0.15) is 0 Å². The molecule has 0 N–H and O–H groups in total. The third-order valence-electron chi connectivity index (χ3n) is 7.59. The van der Waals surface area contributed by atoms with Crippen molar-refractivity contribution in [3.05, 3.63) is 71.8 Å². The highest BCUT2D eigenvalue weighted by atomic mass is 16.5. The molecule has 1 unspecified atom stereocenters. The first-order chi connectivity index (χ1) is 18.8. The second kappa shape index (κ2) is 20.2. The van der Waals surface area contributed by atoms with Crippen LogP contribution in [0.15, 0.2) is 60.7 Å². The lowest BCUT2D eigenvalue weighted by Gasteiger charge is -2.26. The van der Waals surface area contributed by atoms with Gasteiger partial charge in [-0.1, -0.05) is 93.3 Å². The monoisotopic (exact) mass is 522 g/mol. The Morgan fingerprint density at radius 1 is 0.553 bits per heavy atom. The van der Waals surface area contributed by atoms with Crippen molar-refractivity contribution < 1.29 is 9.47 Å². The summed E-state index contributed by atoms with van der Waals surface area (Å²) in [6, 6.07) is 21.9. The highest BCUT2D eigenvalue weighted by Crippen LogP contribution is 2.16. The minimum atomic E-state index is 0.739. The maximum atomic E-state index is 5.97. The molecule has 4 nitrogen and oxygen atoms in total. The van der Waals surface area contributed by atoms with E-state index < -0.39 is 0 Å². The van der Waals surface area contributed by atoms with Crippen LogP contribution in [0.1, 0.15) is 82.3 Å². The smallest absolute Gasteiger partial charge is 0.0478 e. The molecule has 0 bridgehead atoms. The zero-order valence-electron chi connectivity index (χ0n) is 24.2. The normalized spacial score (nSPS) is 22.1. The molecule has 3 rings (SSSR count). The zero-order valence-corrected chi connectivity index (χ0v) is 24.2. The SMILES string of the molecule is CC1CCCCCCCN(Cc2ccccc2)CCCOCCCCOCCCN(Cc2ccccc2)C1. The van der Waals surface area contributed by atoms with Crippen molar-refractivity contribution in [2.75, 3.05) is 52.6 Å². The van der Waals surface area contributed by atoms with Crippen molar-refractivity contribution >= 4 is 0 Å². The Bertz CT molecular complexity index is 801. The van der Waals surface area contributed by atoms with Crippen LogP contribution in [0.3, 0.4) is 0 Å². The van der Waals surface area contributed by atoms with Crippen LogP contribution in [0, 0.1) is 5.92 Å². The second-order valence-electron chi connectivity index (χ2n) is 11.3. The Morgan fingerprint density at radius 3 is 1.66 bits per heavy atom. The topological polar surface area (TPSA) is 24.9 Å². The van der Waals surface area contributed by atoms with Gasteiger partial charge < -0.3 is 9.47 Å². The van der Waals surface area contributed by atoms with Crippen molar-refractivity contribution in [3.63, 3.8) is 0 Å². The molecule has 4 heteroatoms. The number of rotatable bonds is 4. The van der Waals surface area contributed by atoms with E-state index in [1.54, 1.807) is 0 Å². The summed E-state index contributed by atoms with van der Waals surface area (Å²) in [6.07, 6.45) is 12.5. The molecule has 0 aromatic heterocycles. The van der Waals surface area contributed by atoms with Crippen LogP contribution in [0.25, 0.3) is 0 Å². The van der Waals surface area contributed by atoms with Crippen LogP contribution in [0.5, 0.6) is 0 Å². The molecule has 2 aromatic rings. The summed E-state index contributed by atoms with van der Waals surface area (Å²) in [5.74, 6) is 0.739. The van der Waals surface area contributed by atoms with Gasteiger partial charge in [0.05, 0.1) is 0 Å². The average Bonchev–Trinajstić information content (AvgIpc) is 2.93. The first-order valence-corrected chi connectivity index (χ1v) is 15.5. The average molecular weight is 523 g/mol. The molecule has 1 atom stereocenters. The molecule has 0 amide bonds. The van der Waals surface area contributed by atoms with Crippen LogP contribution >= 0.6 is 0 Å². The van der Waals surface area contributed by atoms with Crippen LogP contribution < -0.4 is 0 Å². The van der Waals surface area contributed by atoms with E-state index in [0.717, 1.165) is 84.2 Å². The predicted octanol–water partition coefficient (Wildman–Crippen LogP) is 7.57. The summed E-state index contributed by atoms with van der Waals surface area (Å²) in [5, 5.41) is 0. The molecule has 1 fully saturated rings. The Morgan fingerprint density at radius 2 is 1.03 bits per heavy atom. The molecule has 0 saturated carbocycles. The molecule has 1 aliphatic rings. The van der Waals surface area contributed by atoms with Crippen molar-refractivity contribution in [1.82, 2.24) is 9.80 Å². The van der Waals surface area contributed by atoms with Gasteiger partial charge in [-0.2, -0.15) is 0 Å². The number of hydrogen-bond acceptors (Lipinski definition) is 4. The number of nitrogens with zero attached hydrogens (tertiary/aromatic N) is 2. The largest absolute Gasteiger partial charge is 0.381 e. The van der Waals surface area contributed by atoms with Gasteiger partial charge in [-0.3, -0.25) is 9.80 Å². The summed E-state index contributed by atoms with van der Waals surface area (Å²) in [6.45, 7) is 12.6. The van der Waals surface area contributed by atoms with E-state index in [0.29, 0.717) is 0 Å². The first-order valence-electron chi connectivity index (χ1n) is 15.5. The highest BCUT2D eigenvalue weighted by molar-refractivity contribution is 5.15. The minimum absolute atomic E-state index is 0.739. The van der Waals surface area contributed by atoms with Crippen molar-refractivity contribution in [3.8, 4) is 0 Å². The van der Waals surface area contributed by atoms with E-state index in [-0.39, 0.29) is 0 Å². The number of hydrogen-bond donors (Lipinski definition) is 0. The van der Waals surface area contributed by atoms with Gasteiger partial charge in [-0.15, -0.1) is 0 Å². The Hall–Kier alpha value is -1.72. The Balaban J connectivity index is 1.45. The van der Waals surface area contributed by atoms with Gasteiger partial charge >= 0.3 is 0 Å². The molecule has 1 heterocycles. The lowest BCUT2D eigenvalue weighted by atomic mass is 10.0. The molecule has 38 heavy (non-hydrogen) atoms. The maximum absolute atomic E-state index is 5.97. The van der Waals surface area contributed by atoms with Crippen LogP contribution in [0.4, 0.5) is 0 Å². The Kier molecular flexibility index (Phi) is 16.4. The van der Waals surface area contributed by atoms with Crippen molar-refractivity contribution in [2.24, 2.45) is 5.92 Å². The minimum Gasteiger partial charge on any atom is -0.381 e. The summed E-state index contributed by atoms with van der Waals surface area (Å²) < 4.78 is 11.9. The lowest BCUT2D eigenvalue weighted by Crippen LogP contribution is -2.30. The molecule has 0 aliphatic carbocycles. The van der Waals surface area contributed by atoms with E-state index in [1.807, 2.05) is 0 Å². The van der Waals surface area contributed by atoms with Crippen LogP contribution in [-0.4, -0.2) is 62.4 Å². The molecule has 1 saturated heterocycles. The number of benzene rings is 2. The fourth-order valence-electron chi connectivity index (χ4n) is 5.47. The van der Waals surface area contributed by atoms with Crippen LogP contribution in [-0.2, 0) is 22.6 Å². The maximum Gasteiger partial charge on any atom is 0.0478 e. The summed E-state index contributed by atoms with van der Waals surface area (Å²) in [4.78, 5) is 5.28. The van der Waals surface area contributed by atoms with Crippen molar-refractivity contribution in [1.29, 1.82) is 0 Å². The summed E-state index contributed by atoms with van der Waals surface area (Å²) in [5.41, 5.74) is 2.83. The van der Waals surface area contributed by atoms with Gasteiger partial charge in [-0.25, -0.2) is 0 Å². The molecule has 0 spiro atoms. The molecule has 212 valence electrons. The summed E-state index contributed by atoms with van der Waals surface area (Å²) in [7, 11) is 0. The van der Waals surface area contributed by atoms with Gasteiger partial charge in [0.2, 0.25) is 0 Å².